The van der Waals surface area contributed by atoms with Crippen LogP contribution in [0.5, 0.6) is 11.5 Å². The molecule has 6 nitrogen and oxygen atoms in total. The highest BCUT2D eigenvalue weighted by Crippen LogP contribution is 2.30. The van der Waals surface area contributed by atoms with Gasteiger partial charge in [0, 0.05) is 11.3 Å². The third kappa shape index (κ3) is 4.94. The fourth-order valence-corrected chi connectivity index (χ4v) is 2.43. The average Bonchev–Trinajstić information content (AvgIpc) is 2.48. The SMILES string of the molecule is CCc1ccc(Oc2ccc(C(=O)NS(C)(=O)=O)cc2Cl)cn1. The first-order valence-corrected chi connectivity index (χ1v) is 9.00. The van der Waals surface area contributed by atoms with Gasteiger partial charge >= 0.3 is 0 Å². The first-order valence-electron chi connectivity index (χ1n) is 6.73. The number of halogens is 1. The van der Waals surface area contributed by atoms with E-state index in [4.69, 9.17) is 16.3 Å². The van der Waals surface area contributed by atoms with Crippen LogP contribution in [0, 0.1) is 0 Å². The lowest BCUT2D eigenvalue weighted by atomic mass is 10.2. The monoisotopic (exact) mass is 354 g/mol. The highest BCUT2D eigenvalue weighted by Gasteiger charge is 2.13. The lowest BCUT2D eigenvalue weighted by Gasteiger charge is -2.09. The highest BCUT2D eigenvalue weighted by molar-refractivity contribution is 7.89. The van der Waals surface area contributed by atoms with Crippen molar-refractivity contribution in [3.05, 3.63) is 52.8 Å². The molecule has 0 atom stereocenters. The molecule has 0 unspecified atom stereocenters. The van der Waals surface area contributed by atoms with Crippen molar-refractivity contribution < 1.29 is 17.9 Å². The van der Waals surface area contributed by atoms with Crippen LogP contribution in [-0.2, 0) is 16.4 Å². The standard InChI is InChI=1S/C15H15ClN2O4S/c1-3-11-5-6-12(9-17-11)22-14-7-4-10(8-13(14)16)15(19)18-23(2,20)21/h4-9H,3H2,1-2H3,(H,18,19). The van der Waals surface area contributed by atoms with Crippen LogP contribution < -0.4 is 9.46 Å². The molecule has 23 heavy (non-hydrogen) atoms. The zero-order valence-electron chi connectivity index (χ0n) is 12.5. The predicted molar refractivity (Wildman–Crippen MR) is 87.5 cm³/mol. The third-order valence-corrected chi connectivity index (χ3v) is 3.71. The van der Waals surface area contributed by atoms with E-state index in [0.717, 1.165) is 18.4 Å². The summed E-state index contributed by atoms with van der Waals surface area (Å²) in [5.41, 5.74) is 1.06. The number of hydrogen-bond acceptors (Lipinski definition) is 5. The molecule has 1 heterocycles. The first-order chi connectivity index (χ1) is 10.8. The van der Waals surface area contributed by atoms with Gasteiger partial charge in [0.25, 0.3) is 5.91 Å². The van der Waals surface area contributed by atoms with Gasteiger partial charge in [0.05, 0.1) is 17.5 Å². The van der Waals surface area contributed by atoms with E-state index in [1.807, 2.05) is 17.7 Å². The maximum Gasteiger partial charge on any atom is 0.264 e. The van der Waals surface area contributed by atoms with Crippen molar-refractivity contribution in [1.82, 2.24) is 9.71 Å². The lowest BCUT2D eigenvalue weighted by molar-refractivity contribution is 0.0981. The van der Waals surface area contributed by atoms with Gasteiger partial charge in [-0.15, -0.1) is 0 Å². The van der Waals surface area contributed by atoms with Crippen molar-refractivity contribution >= 4 is 27.5 Å². The van der Waals surface area contributed by atoms with Crippen molar-refractivity contribution in [2.24, 2.45) is 0 Å². The summed E-state index contributed by atoms with van der Waals surface area (Å²) in [6.45, 7) is 2.00. The summed E-state index contributed by atoms with van der Waals surface area (Å²) in [5.74, 6) is 0.0981. The molecule has 0 aliphatic heterocycles. The van der Waals surface area contributed by atoms with Crippen molar-refractivity contribution in [1.29, 1.82) is 0 Å². The van der Waals surface area contributed by atoms with Gasteiger partial charge in [-0.1, -0.05) is 18.5 Å². The second-order valence-corrected chi connectivity index (χ2v) is 6.95. The Kier molecular flexibility index (Phi) is 5.23. The van der Waals surface area contributed by atoms with Crippen LogP contribution in [0.1, 0.15) is 23.0 Å². The van der Waals surface area contributed by atoms with E-state index in [2.05, 4.69) is 4.98 Å². The van der Waals surface area contributed by atoms with Crippen LogP contribution >= 0.6 is 11.6 Å². The molecule has 0 saturated heterocycles. The number of amides is 1. The van der Waals surface area contributed by atoms with Crippen LogP contribution in [0.2, 0.25) is 5.02 Å². The van der Waals surface area contributed by atoms with E-state index in [0.29, 0.717) is 11.5 Å². The maximum atomic E-state index is 11.8. The highest BCUT2D eigenvalue weighted by atomic mass is 35.5. The summed E-state index contributed by atoms with van der Waals surface area (Å²) in [6, 6.07) is 7.87. The molecular weight excluding hydrogens is 340 g/mol. The average molecular weight is 355 g/mol. The van der Waals surface area contributed by atoms with E-state index in [1.54, 1.807) is 12.3 Å². The molecule has 2 rings (SSSR count). The molecule has 0 bridgehead atoms. The zero-order valence-corrected chi connectivity index (χ0v) is 14.1. The van der Waals surface area contributed by atoms with Crippen LogP contribution in [0.25, 0.3) is 0 Å². The van der Waals surface area contributed by atoms with Gasteiger partial charge in [-0.2, -0.15) is 0 Å². The van der Waals surface area contributed by atoms with Gasteiger partial charge in [-0.3, -0.25) is 9.78 Å². The molecule has 1 amide bonds. The predicted octanol–water partition coefficient (Wildman–Crippen LogP) is 2.78. The summed E-state index contributed by atoms with van der Waals surface area (Å²) in [5, 5.41) is 0.186. The Morgan fingerprint density at radius 3 is 2.57 bits per heavy atom. The van der Waals surface area contributed by atoms with Crippen LogP contribution in [0.3, 0.4) is 0 Å². The molecule has 2 aromatic rings. The molecule has 1 aromatic heterocycles. The van der Waals surface area contributed by atoms with Gasteiger partial charge < -0.3 is 4.74 Å². The van der Waals surface area contributed by atoms with E-state index < -0.39 is 15.9 Å². The summed E-state index contributed by atoms with van der Waals surface area (Å²) in [7, 11) is -3.63. The van der Waals surface area contributed by atoms with Gasteiger partial charge in [0.15, 0.2) is 0 Å². The summed E-state index contributed by atoms with van der Waals surface area (Å²) in [6.07, 6.45) is 3.31. The van der Waals surface area contributed by atoms with E-state index >= 15 is 0 Å². The molecule has 0 aliphatic carbocycles. The Bertz CT molecular complexity index is 820. The maximum absolute atomic E-state index is 11.8. The molecule has 122 valence electrons. The number of rotatable bonds is 5. The van der Waals surface area contributed by atoms with Gasteiger partial charge in [-0.25, -0.2) is 13.1 Å². The number of aryl methyl sites for hydroxylation is 1. The largest absolute Gasteiger partial charge is 0.454 e. The Labute approximate surface area is 139 Å². The molecule has 0 saturated carbocycles. The van der Waals surface area contributed by atoms with Crippen molar-refractivity contribution in [3.63, 3.8) is 0 Å². The molecule has 0 aliphatic rings. The zero-order chi connectivity index (χ0) is 17.0. The Morgan fingerprint density at radius 2 is 2.04 bits per heavy atom. The number of sulfonamides is 1. The molecule has 0 spiro atoms. The molecule has 1 aromatic carbocycles. The number of carbonyl (C=O) groups excluding carboxylic acids is 1. The molecule has 8 heteroatoms. The van der Waals surface area contributed by atoms with Gasteiger partial charge in [-0.05, 0) is 36.8 Å². The normalized spacial score (nSPS) is 11.1. The molecular formula is C15H15ClN2O4S. The number of carbonyl (C=O) groups is 1. The topological polar surface area (TPSA) is 85.4 Å². The summed E-state index contributed by atoms with van der Waals surface area (Å²) >= 11 is 6.08. The van der Waals surface area contributed by atoms with E-state index in [9.17, 15) is 13.2 Å². The molecule has 1 N–H and O–H groups in total. The minimum absolute atomic E-state index is 0.118. The van der Waals surface area contributed by atoms with Crippen molar-refractivity contribution in [2.75, 3.05) is 6.26 Å². The number of nitrogens with zero attached hydrogens (tertiary/aromatic N) is 1. The number of ether oxygens (including phenoxy) is 1. The number of pyridine rings is 1. The summed E-state index contributed by atoms with van der Waals surface area (Å²) in [4.78, 5) is 16.0. The third-order valence-electron chi connectivity index (χ3n) is 2.86. The second kappa shape index (κ2) is 6.97. The van der Waals surface area contributed by atoms with Crippen LogP contribution in [-0.4, -0.2) is 25.6 Å². The van der Waals surface area contributed by atoms with Crippen molar-refractivity contribution in [2.45, 2.75) is 13.3 Å². The van der Waals surface area contributed by atoms with Gasteiger partial charge in [0.1, 0.15) is 11.5 Å². The fourth-order valence-electron chi connectivity index (χ4n) is 1.76. The molecule has 0 radical (unpaired) electrons. The Balaban J connectivity index is 2.17. The fraction of sp³-hybridized carbons (Fsp3) is 0.200. The Hall–Kier alpha value is -2.12. The quantitative estimate of drug-likeness (QED) is 0.892. The molecule has 0 fully saturated rings. The van der Waals surface area contributed by atoms with Crippen molar-refractivity contribution in [3.8, 4) is 11.5 Å². The Morgan fingerprint density at radius 1 is 1.30 bits per heavy atom. The lowest BCUT2D eigenvalue weighted by Crippen LogP contribution is -2.29. The van der Waals surface area contributed by atoms with Crippen LogP contribution in [0.4, 0.5) is 0 Å². The summed E-state index contributed by atoms with van der Waals surface area (Å²) < 4.78 is 29.6. The van der Waals surface area contributed by atoms with Gasteiger partial charge in [0.2, 0.25) is 10.0 Å². The van der Waals surface area contributed by atoms with E-state index in [1.165, 1.54) is 18.2 Å². The first kappa shape index (κ1) is 17.2. The number of benzene rings is 1. The second-order valence-electron chi connectivity index (χ2n) is 4.79. The smallest absolute Gasteiger partial charge is 0.264 e. The minimum atomic E-state index is -3.63. The number of nitrogens with one attached hydrogen (secondary N) is 1. The van der Waals surface area contributed by atoms with E-state index in [-0.39, 0.29) is 10.6 Å². The minimum Gasteiger partial charge on any atom is -0.454 e. The number of hydrogen-bond donors (Lipinski definition) is 1. The number of aromatic nitrogens is 1. The van der Waals surface area contributed by atoms with Crippen LogP contribution in [0.15, 0.2) is 36.5 Å².